The van der Waals surface area contributed by atoms with Crippen molar-refractivity contribution in [2.75, 3.05) is 0 Å². The lowest BCUT2D eigenvalue weighted by atomic mass is 9.48. The van der Waals surface area contributed by atoms with Crippen LogP contribution in [0.5, 0.6) is 11.5 Å². The Labute approximate surface area is 139 Å². The molecular weight excluding hydrogens is 312 g/mol. The number of aliphatic hydroxyl groups is 3. The molecule has 1 aromatic carbocycles. The molecule has 6 atom stereocenters. The minimum Gasteiger partial charge on any atom is -0.504 e. The Kier molecular flexibility index (Phi) is 3.12. The number of carbonyl (C=O) groups excluding carboxylic acids is 1. The van der Waals surface area contributed by atoms with E-state index in [2.05, 4.69) is 0 Å². The molecule has 0 spiro atoms. The first kappa shape index (κ1) is 15.9. The fourth-order valence-electron chi connectivity index (χ4n) is 5.20. The van der Waals surface area contributed by atoms with E-state index in [1.54, 1.807) is 6.07 Å². The van der Waals surface area contributed by atoms with Gasteiger partial charge in [0.05, 0.1) is 17.8 Å². The molecule has 4 N–H and O–H groups in total. The van der Waals surface area contributed by atoms with Crippen LogP contribution in [-0.4, -0.2) is 50.1 Å². The summed E-state index contributed by atoms with van der Waals surface area (Å²) in [7, 11) is 0. The summed E-state index contributed by atoms with van der Waals surface area (Å²) in [5, 5.41) is 42.9. The summed E-state index contributed by atoms with van der Waals surface area (Å²) >= 11 is 0. The number of carbonyl (C=O) groups is 1. The van der Waals surface area contributed by atoms with E-state index in [-0.39, 0.29) is 36.0 Å². The van der Waals surface area contributed by atoms with Crippen molar-refractivity contribution in [2.24, 2.45) is 5.92 Å². The number of rotatable bonds is 2. The van der Waals surface area contributed by atoms with E-state index in [4.69, 9.17) is 4.74 Å². The molecule has 1 fully saturated rings. The number of benzene rings is 1. The molecular formula is C18H22O6. The first-order chi connectivity index (χ1) is 11.2. The number of aliphatic hydroxyl groups excluding tert-OH is 2. The van der Waals surface area contributed by atoms with Crippen LogP contribution in [0.3, 0.4) is 0 Å². The summed E-state index contributed by atoms with van der Waals surface area (Å²) in [4.78, 5) is 12.6. The minimum atomic E-state index is -1.46. The first-order valence-corrected chi connectivity index (χ1v) is 8.38. The van der Waals surface area contributed by atoms with Gasteiger partial charge in [0, 0.05) is 12.0 Å². The van der Waals surface area contributed by atoms with Gasteiger partial charge in [-0.05, 0) is 37.3 Å². The van der Waals surface area contributed by atoms with Gasteiger partial charge in [-0.25, -0.2) is 0 Å². The molecule has 130 valence electrons. The highest BCUT2D eigenvalue weighted by atomic mass is 16.5. The Morgan fingerprint density at radius 1 is 1.33 bits per heavy atom. The summed E-state index contributed by atoms with van der Waals surface area (Å²) < 4.78 is 5.80. The zero-order chi connectivity index (χ0) is 17.4. The molecule has 2 aliphatic carbocycles. The van der Waals surface area contributed by atoms with Crippen LogP contribution in [-0.2, 0) is 16.6 Å². The van der Waals surface area contributed by atoms with Crippen LogP contribution < -0.4 is 4.74 Å². The first-order valence-electron chi connectivity index (χ1n) is 8.38. The Bertz CT molecular complexity index is 728. The quantitative estimate of drug-likeness (QED) is 0.624. The van der Waals surface area contributed by atoms with Gasteiger partial charge in [-0.3, -0.25) is 4.79 Å². The van der Waals surface area contributed by atoms with Crippen molar-refractivity contribution < 1.29 is 30.0 Å². The lowest BCUT2D eigenvalue weighted by Crippen LogP contribution is -2.73. The number of Topliss-reactive ketones (excluding diaryl/α,β-unsaturated/α-hetero) is 1. The van der Waals surface area contributed by atoms with Crippen molar-refractivity contribution in [1.29, 1.82) is 0 Å². The van der Waals surface area contributed by atoms with Crippen molar-refractivity contribution in [1.82, 2.24) is 0 Å². The molecule has 1 saturated carbocycles. The monoisotopic (exact) mass is 334 g/mol. The maximum absolute atomic E-state index is 12.6. The van der Waals surface area contributed by atoms with Gasteiger partial charge in [0.1, 0.15) is 5.41 Å². The van der Waals surface area contributed by atoms with Gasteiger partial charge < -0.3 is 25.2 Å². The minimum absolute atomic E-state index is 0.120. The van der Waals surface area contributed by atoms with E-state index in [1.165, 1.54) is 13.0 Å². The van der Waals surface area contributed by atoms with Gasteiger partial charge in [-0.15, -0.1) is 0 Å². The van der Waals surface area contributed by atoms with Crippen molar-refractivity contribution in [3.8, 4) is 11.5 Å². The highest BCUT2D eigenvalue weighted by Crippen LogP contribution is 2.64. The normalized spacial score (nSPS) is 39.1. The molecule has 0 radical (unpaired) electrons. The third kappa shape index (κ3) is 1.54. The van der Waals surface area contributed by atoms with E-state index in [0.717, 1.165) is 5.56 Å². The zero-order valence-corrected chi connectivity index (χ0v) is 13.7. The predicted octanol–water partition coefficient (Wildman–Crippen LogP) is 0.419. The van der Waals surface area contributed by atoms with Crippen LogP contribution in [0.1, 0.15) is 37.8 Å². The molecule has 6 nitrogen and oxygen atoms in total. The lowest BCUT2D eigenvalue weighted by Gasteiger charge is -2.58. The number of phenolic OH excluding ortho intramolecular Hbond substituents is 1. The molecule has 0 bridgehead atoms. The third-order valence-electron chi connectivity index (χ3n) is 6.31. The number of aromatic hydroxyl groups is 1. The average molecular weight is 334 g/mol. The van der Waals surface area contributed by atoms with Crippen molar-refractivity contribution in [3.63, 3.8) is 0 Å². The number of hydrogen-bond acceptors (Lipinski definition) is 6. The van der Waals surface area contributed by atoms with Crippen LogP contribution >= 0.6 is 0 Å². The van der Waals surface area contributed by atoms with Crippen LogP contribution in [0.25, 0.3) is 0 Å². The van der Waals surface area contributed by atoms with E-state index in [1.807, 2.05) is 6.92 Å². The molecule has 6 heteroatoms. The Morgan fingerprint density at radius 2 is 2.04 bits per heavy atom. The number of ether oxygens (including phenoxy) is 1. The van der Waals surface area contributed by atoms with Gasteiger partial charge in [0.25, 0.3) is 0 Å². The second-order valence-electron chi connectivity index (χ2n) is 7.50. The topological polar surface area (TPSA) is 107 Å². The van der Waals surface area contributed by atoms with Crippen LogP contribution in [0.2, 0.25) is 0 Å². The standard InChI is InChI=1S/C18H22O6/c1-8-7-10-3-4-11(20)14-13(10)18(15(22)9(2)19)16(24-14)12(21)5-6-17(8,18)23/h3-4,8-9,15-16,19-20,22-23H,5-7H2,1-2H3/t8-,9?,15-,16+,17-,18-/m1/s1. The van der Waals surface area contributed by atoms with E-state index >= 15 is 0 Å². The SMILES string of the molecule is CC(O)[C@@H](O)[C@]12c3c4ccc(O)c3O[C@H]1C(=O)CC[C@@]2(O)[C@H](C)C4. The largest absolute Gasteiger partial charge is 0.504 e. The van der Waals surface area contributed by atoms with Crippen LogP contribution in [0.4, 0.5) is 0 Å². The maximum atomic E-state index is 12.6. The number of ketones is 1. The summed E-state index contributed by atoms with van der Waals surface area (Å²) in [6.45, 7) is 3.32. The van der Waals surface area contributed by atoms with Crippen LogP contribution in [0.15, 0.2) is 12.1 Å². The highest BCUT2D eigenvalue weighted by molar-refractivity contribution is 5.90. The second-order valence-corrected chi connectivity index (χ2v) is 7.50. The molecule has 0 saturated heterocycles. The molecule has 24 heavy (non-hydrogen) atoms. The molecule has 0 amide bonds. The fourth-order valence-corrected chi connectivity index (χ4v) is 5.20. The Hall–Kier alpha value is -1.63. The van der Waals surface area contributed by atoms with Crippen LogP contribution in [0, 0.1) is 5.92 Å². The molecule has 1 heterocycles. The maximum Gasteiger partial charge on any atom is 0.174 e. The van der Waals surface area contributed by atoms with Crippen molar-refractivity contribution in [3.05, 3.63) is 23.3 Å². The summed E-state index contributed by atoms with van der Waals surface area (Å²) in [5.41, 5.74) is -1.54. The Balaban J connectivity index is 2.11. The van der Waals surface area contributed by atoms with Gasteiger partial charge in [-0.2, -0.15) is 0 Å². The molecule has 3 aliphatic rings. The number of hydrogen-bond donors (Lipinski definition) is 4. The van der Waals surface area contributed by atoms with Crippen molar-refractivity contribution in [2.45, 2.75) is 62.4 Å². The lowest BCUT2D eigenvalue weighted by molar-refractivity contribution is -0.198. The van der Waals surface area contributed by atoms with Crippen molar-refractivity contribution >= 4 is 5.78 Å². The summed E-state index contributed by atoms with van der Waals surface area (Å²) in [6, 6.07) is 3.25. The van der Waals surface area contributed by atoms with Gasteiger partial charge in [0.15, 0.2) is 23.4 Å². The van der Waals surface area contributed by atoms with Gasteiger partial charge >= 0.3 is 0 Å². The molecule has 0 aromatic heterocycles. The van der Waals surface area contributed by atoms with Gasteiger partial charge in [-0.1, -0.05) is 13.0 Å². The second kappa shape index (κ2) is 4.71. The summed E-state index contributed by atoms with van der Waals surface area (Å²) in [5.74, 6) is -0.425. The van der Waals surface area contributed by atoms with E-state index < -0.39 is 29.3 Å². The average Bonchev–Trinajstić information content (AvgIpc) is 2.91. The molecule has 4 rings (SSSR count). The molecule has 1 aliphatic heterocycles. The van der Waals surface area contributed by atoms with E-state index in [0.29, 0.717) is 12.0 Å². The van der Waals surface area contributed by atoms with Gasteiger partial charge in [0.2, 0.25) is 0 Å². The smallest absolute Gasteiger partial charge is 0.174 e. The highest BCUT2D eigenvalue weighted by Gasteiger charge is 2.73. The fraction of sp³-hybridized carbons (Fsp3) is 0.611. The summed E-state index contributed by atoms with van der Waals surface area (Å²) in [6.07, 6.45) is -2.76. The predicted molar refractivity (Wildman–Crippen MR) is 83.9 cm³/mol. The van der Waals surface area contributed by atoms with E-state index in [9.17, 15) is 25.2 Å². The number of phenols is 1. The Morgan fingerprint density at radius 3 is 2.71 bits per heavy atom. The third-order valence-corrected chi connectivity index (χ3v) is 6.31. The molecule has 1 aromatic rings. The zero-order valence-electron chi connectivity index (χ0n) is 13.7. The molecule has 1 unspecified atom stereocenters.